The molecule has 2 heterocycles. The molecule has 1 saturated heterocycles. The Morgan fingerprint density at radius 2 is 1.85 bits per heavy atom. The number of aromatic nitrogens is 1. The number of carbonyl (C=O) groups is 1. The lowest BCUT2D eigenvalue weighted by molar-refractivity contribution is 0.00578. The van der Waals surface area contributed by atoms with Gasteiger partial charge in [-0.15, -0.1) is 0 Å². The third-order valence-corrected chi connectivity index (χ3v) is 4.66. The maximum absolute atomic E-state index is 12.1. The topological polar surface area (TPSA) is 69.7 Å². The van der Waals surface area contributed by atoms with Crippen molar-refractivity contribution in [1.82, 2.24) is 10.3 Å². The molecule has 0 unspecified atom stereocenters. The average Bonchev–Trinajstić information content (AvgIpc) is 2.70. The van der Waals surface area contributed by atoms with E-state index in [0.717, 1.165) is 16.7 Å². The van der Waals surface area contributed by atoms with Crippen molar-refractivity contribution in [3.63, 3.8) is 0 Å². The van der Waals surface area contributed by atoms with Crippen LogP contribution < -0.4 is 5.32 Å². The van der Waals surface area contributed by atoms with Crippen LogP contribution in [0, 0.1) is 6.92 Å². The fourth-order valence-corrected chi connectivity index (χ4v) is 2.51. The zero-order valence-corrected chi connectivity index (χ0v) is 17.7. The summed E-state index contributed by atoms with van der Waals surface area (Å²) < 4.78 is 17.6. The summed E-state index contributed by atoms with van der Waals surface area (Å²) in [6.45, 7) is 15.7. The molecule has 148 valence electrons. The molecule has 0 saturated carbocycles. The molecular formula is C20H31BN2O4. The van der Waals surface area contributed by atoms with Gasteiger partial charge in [0.15, 0.2) is 0 Å². The molecule has 0 aliphatic carbocycles. The summed E-state index contributed by atoms with van der Waals surface area (Å²) in [7, 11) is -0.577. The molecule has 1 aliphatic heterocycles. The van der Waals surface area contributed by atoms with Crippen molar-refractivity contribution in [2.45, 2.75) is 72.2 Å². The third-order valence-electron chi connectivity index (χ3n) is 4.66. The number of nitrogens with one attached hydrogen (secondary N) is 1. The van der Waals surface area contributed by atoms with Crippen molar-refractivity contribution in [3.05, 3.63) is 35.1 Å². The first-order chi connectivity index (χ1) is 12.3. The van der Waals surface area contributed by atoms with Gasteiger partial charge in [-0.3, -0.25) is 4.98 Å². The van der Waals surface area contributed by atoms with Gasteiger partial charge in [-0.2, -0.15) is 0 Å². The Morgan fingerprint density at radius 3 is 2.37 bits per heavy atom. The monoisotopic (exact) mass is 374 g/mol. The molecule has 0 aromatic carbocycles. The van der Waals surface area contributed by atoms with Crippen LogP contribution in [-0.4, -0.2) is 41.5 Å². The van der Waals surface area contributed by atoms with Crippen LogP contribution in [0.5, 0.6) is 0 Å². The van der Waals surface area contributed by atoms with Crippen LogP contribution in [0.3, 0.4) is 0 Å². The van der Waals surface area contributed by atoms with Crippen molar-refractivity contribution in [1.29, 1.82) is 0 Å². The van der Waals surface area contributed by atoms with Gasteiger partial charge in [-0.1, -0.05) is 0 Å². The lowest BCUT2D eigenvalue weighted by Crippen LogP contribution is -2.41. The Morgan fingerprint density at radius 1 is 1.26 bits per heavy atom. The lowest BCUT2D eigenvalue weighted by Gasteiger charge is -2.32. The highest BCUT2D eigenvalue weighted by molar-refractivity contribution is 6.56. The second kappa shape index (κ2) is 7.64. The van der Waals surface area contributed by atoms with Crippen LogP contribution in [0.25, 0.3) is 6.08 Å². The van der Waals surface area contributed by atoms with Gasteiger partial charge in [-0.05, 0) is 84.6 Å². The molecule has 7 heteroatoms. The molecule has 1 aromatic rings. The summed E-state index contributed by atoms with van der Waals surface area (Å²) in [5.74, 6) is 0. The van der Waals surface area contributed by atoms with Crippen LogP contribution in [0.15, 0.2) is 23.8 Å². The summed E-state index contributed by atoms with van der Waals surface area (Å²) in [6.07, 6.45) is 3.17. The van der Waals surface area contributed by atoms with E-state index in [1.165, 1.54) is 0 Å². The van der Waals surface area contributed by atoms with Crippen molar-refractivity contribution in [2.24, 2.45) is 0 Å². The first-order valence-electron chi connectivity index (χ1n) is 9.25. The molecule has 1 N–H and O–H groups in total. The number of nitrogens with zero attached hydrogens (tertiary/aromatic N) is 1. The van der Waals surface area contributed by atoms with Gasteiger partial charge in [0.25, 0.3) is 0 Å². The third kappa shape index (κ3) is 5.81. The van der Waals surface area contributed by atoms with E-state index >= 15 is 0 Å². The van der Waals surface area contributed by atoms with Gasteiger partial charge < -0.3 is 19.4 Å². The molecule has 0 atom stereocenters. The second-order valence-electron chi connectivity index (χ2n) is 8.92. The van der Waals surface area contributed by atoms with Gasteiger partial charge in [0.05, 0.1) is 16.9 Å². The number of carbonyl (C=O) groups excluding carboxylic acids is 1. The smallest absolute Gasteiger partial charge is 0.444 e. The normalized spacial score (nSPS) is 19.1. The predicted molar refractivity (Wildman–Crippen MR) is 107 cm³/mol. The van der Waals surface area contributed by atoms with Crippen molar-refractivity contribution < 1.29 is 18.8 Å². The van der Waals surface area contributed by atoms with E-state index in [9.17, 15) is 4.79 Å². The molecule has 0 radical (unpaired) electrons. The molecule has 1 aromatic heterocycles. The molecule has 1 fully saturated rings. The first-order valence-corrected chi connectivity index (χ1v) is 9.25. The summed E-state index contributed by atoms with van der Waals surface area (Å²) >= 11 is 0. The fraction of sp³-hybridized carbons (Fsp3) is 0.600. The predicted octanol–water partition coefficient (Wildman–Crippen LogP) is 3.93. The quantitative estimate of drug-likeness (QED) is 0.809. The minimum atomic E-state index is -0.577. The van der Waals surface area contributed by atoms with E-state index in [1.54, 1.807) is 6.20 Å². The number of amides is 1. The molecule has 0 bridgehead atoms. The molecular weight excluding hydrogens is 343 g/mol. The molecule has 1 amide bonds. The summed E-state index contributed by atoms with van der Waals surface area (Å²) in [4.78, 5) is 16.5. The fourth-order valence-electron chi connectivity index (χ4n) is 2.51. The Labute approximate surface area is 162 Å². The number of alkyl carbamates (subject to hydrolysis) is 1. The van der Waals surface area contributed by atoms with Crippen LogP contribution in [0.4, 0.5) is 4.79 Å². The molecule has 27 heavy (non-hydrogen) atoms. The highest BCUT2D eigenvalue weighted by Crippen LogP contribution is 2.38. The van der Waals surface area contributed by atoms with E-state index in [0.29, 0.717) is 0 Å². The number of ether oxygens (including phenoxy) is 1. The molecule has 2 rings (SSSR count). The molecule has 1 aliphatic rings. The minimum absolute atomic E-state index is 0.237. The highest BCUT2D eigenvalue weighted by Gasteiger charge is 2.52. The maximum Gasteiger partial charge on any atom is 0.492 e. The zero-order chi connectivity index (χ0) is 20.5. The van der Waals surface area contributed by atoms with E-state index < -0.39 is 30.0 Å². The number of hydrogen-bond donors (Lipinski definition) is 1. The number of rotatable bonds is 4. The van der Waals surface area contributed by atoms with E-state index in [1.807, 2.05) is 73.6 Å². The van der Waals surface area contributed by atoms with Gasteiger partial charge in [0.2, 0.25) is 0 Å². The van der Waals surface area contributed by atoms with Crippen molar-refractivity contribution in [3.8, 4) is 0 Å². The molecule has 6 nitrogen and oxygen atoms in total. The number of hydrogen-bond acceptors (Lipinski definition) is 5. The van der Waals surface area contributed by atoms with Gasteiger partial charge in [0, 0.05) is 12.7 Å². The van der Waals surface area contributed by atoms with Crippen molar-refractivity contribution in [2.75, 3.05) is 6.54 Å². The van der Waals surface area contributed by atoms with Crippen molar-refractivity contribution >= 4 is 19.3 Å². The van der Waals surface area contributed by atoms with E-state index in [2.05, 4.69) is 10.3 Å². The van der Waals surface area contributed by atoms with Crippen LogP contribution >= 0.6 is 0 Å². The van der Waals surface area contributed by atoms with E-state index in [4.69, 9.17) is 14.0 Å². The Kier molecular flexibility index (Phi) is 6.07. The number of pyridine rings is 1. The summed E-state index contributed by atoms with van der Waals surface area (Å²) in [6, 6.07) is 3.91. The molecule has 0 spiro atoms. The van der Waals surface area contributed by atoms with Gasteiger partial charge in [0.1, 0.15) is 5.60 Å². The van der Waals surface area contributed by atoms with Crippen LogP contribution in [-0.2, 0) is 14.0 Å². The average molecular weight is 374 g/mol. The first kappa shape index (κ1) is 21.4. The lowest BCUT2D eigenvalue weighted by atomic mass is 9.77. The van der Waals surface area contributed by atoms with Gasteiger partial charge >= 0.3 is 13.2 Å². The highest BCUT2D eigenvalue weighted by atomic mass is 16.7. The maximum atomic E-state index is 12.1. The standard InChI is InChI=1S/C20H31BN2O4/c1-14-9-10-22-16(11-14)12-15(13-23-17(24)25-18(2,3)4)21-26-19(5,6)20(7,8)27-21/h9-12H,13H2,1-8H3,(H,23,24). The zero-order valence-electron chi connectivity index (χ0n) is 17.7. The van der Waals surface area contributed by atoms with Gasteiger partial charge in [-0.25, -0.2) is 4.79 Å². The Balaban J connectivity index is 2.23. The SMILES string of the molecule is Cc1ccnc(C=C(CNC(=O)OC(C)(C)C)B2OC(C)(C)C(C)(C)O2)c1. The largest absolute Gasteiger partial charge is 0.492 e. The summed E-state index contributed by atoms with van der Waals surface area (Å²) in [5.41, 5.74) is 1.16. The Hall–Kier alpha value is -1.86. The second-order valence-corrected chi connectivity index (χ2v) is 8.92. The van der Waals surface area contributed by atoms with Crippen LogP contribution in [0.1, 0.15) is 59.7 Å². The Bertz CT molecular complexity index is 707. The summed E-state index contributed by atoms with van der Waals surface area (Å²) in [5, 5.41) is 2.79. The number of aryl methyl sites for hydroxylation is 1. The van der Waals surface area contributed by atoms with E-state index in [-0.39, 0.29) is 6.54 Å². The van der Waals surface area contributed by atoms with Crippen LogP contribution in [0.2, 0.25) is 0 Å². The minimum Gasteiger partial charge on any atom is -0.444 e.